The molecule has 2 aliphatic heterocycles. The molecule has 0 radical (unpaired) electrons. The minimum Gasteiger partial charge on any atom is -0.341 e. The first-order chi connectivity index (χ1) is 17.3. The highest BCUT2D eigenvalue weighted by atomic mass is 15.0. The van der Waals surface area contributed by atoms with Gasteiger partial charge >= 0.3 is 0 Å². The number of aromatic amines is 2. The van der Waals surface area contributed by atoms with Crippen LogP contribution >= 0.6 is 0 Å². The molecule has 4 aromatic rings. The van der Waals surface area contributed by atoms with Crippen LogP contribution in [0.3, 0.4) is 0 Å². The standard InChI is InChI=1S/C29H30N6/c1-2-24(30-13-1)28-32-16-26(34-28)21-9-5-18(6-10-21)19-7-11-22(12-8-19)27-17-33-29(35-27)25-14-23(15-31-25)20-3-4-20/h5-12,14,16-17,20,24-25,30-31H,1-4,13,15H2,(H,32,34)(H,33,35). The van der Waals surface area contributed by atoms with Gasteiger partial charge in [0.15, 0.2) is 0 Å². The average molecular weight is 463 g/mol. The zero-order chi connectivity index (χ0) is 23.2. The van der Waals surface area contributed by atoms with Crippen LogP contribution in [-0.4, -0.2) is 33.0 Å². The lowest BCUT2D eigenvalue weighted by molar-refractivity contribution is 0.613. The first kappa shape index (κ1) is 20.9. The van der Waals surface area contributed by atoms with E-state index >= 15 is 0 Å². The van der Waals surface area contributed by atoms with Crippen molar-refractivity contribution in [3.8, 4) is 33.6 Å². The van der Waals surface area contributed by atoms with Crippen molar-refractivity contribution in [1.82, 2.24) is 30.6 Å². The summed E-state index contributed by atoms with van der Waals surface area (Å²) in [4.78, 5) is 16.3. The lowest BCUT2D eigenvalue weighted by Gasteiger charge is -2.07. The molecular weight excluding hydrogens is 432 g/mol. The van der Waals surface area contributed by atoms with Gasteiger partial charge in [-0.1, -0.05) is 60.2 Å². The second-order valence-corrected chi connectivity index (χ2v) is 10.0. The van der Waals surface area contributed by atoms with E-state index in [0.717, 1.165) is 59.6 Å². The Morgan fingerprint density at radius 3 is 1.86 bits per heavy atom. The van der Waals surface area contributed by atoms with E-state index in [1.165, 1.54) is 30.4 Å². The molecule has 4 N–H and O–H groups in total. The van der Waals surface area contributed by atoms with Crippen LogP contribution in [0.1, 0.15) is 49.4 Å². The fourth-order valence-corrected chi connectivity index (χ4v) is 5.37. The maximum atomic E-state index is 4.66. The smallest absolute Gasteiger partial charge is 0.127 e. The number of nitrogens with one attached hydrogen (secondary N) is 4. The normalized spacial score (nSPS) is 22.0. The molecule has 1 saturated carbocycles. The van der Waals surface area contributed by atoms with E-state index in [2.05, 4.69) is 85.2 Å². The first-order valence-electron chi connectivity index (χ1n) is 12.8. The van der Waals surface area contributed by atoms with E-state index in [4.69, 9.17) is 0 Å². The molecule has 2 aromatic carbocycles. The van der Waals surface area contributed by atoms with Crippen molar-refractivity contribution in [3.05, 3.63) is 84.2 Å². The van der Waals surface area contributed by atoms with Crippen LogP contribution in [-0.2, 0) is 0 Å². The number of rotatable bonds is 6. The summed E-state index contributed by atoms with van der Waals surface area (Å²) in [5, 5.41) is 7.08. The topological polar surface area (TPSA) is 81.4 Å². The summed E-state index contributed by atoms with van der Waals surface area (Å²) in [6.45, 7) is 2.07. The van der Waals surface area contributed by atoms with Crippen LogP contribution in [0.25, 0.3) is 33.6 Å². The summed E-state index contributed by atoms with van der Waals surface area (Å²) in [7, 11) is 0. The van der Waals surface area contributed by atoms with Gasteiger partial charge in [-0.05, 0) is 60.4 Å². The van der Waals surface area contributed by atoms with E-state index in [0.29, 0.717) is 6.04 Å². The number of benzene rings is 2. The molecule has 7 rings (SSSR count). The Bertz CT molecular complexity index is 1350. The molecule has 2 fully saturated rings. The Hall–Kier alpha value is -3.48. The molecule has 6 heteroatoms. The molecule has 1 aliphatic carbocycles. The molecule has 0 bridgehead atoms. The third-order valence-corrected chi connectivity index (χ3v) is 7.61. The number of nitrogens with zero attached hydrogens (tertiary/aromatic N) is 2. The van der Waals surface area contributed by atoms with Gasteiger partial charge in [-0.2, -0.15) is 0 Å². The predicted molar refractivity (Wildman–Crippen MR) is 139 cm³/mol. The lowest BCUT2D eigenvalue weighted by Crippen LogP contribution is -2.16. The SMILES string of the molecule is C1=C(C2CC2)CNC1c1ncc(-c2ccc(-c3ccc(-c4cnc(C5CCCN5)[nH]4)cc3)cc2)[nH]1. The number of hydrogen-bond acceptors (Lipinski definition) is 4. The monoisotopic (exact) mass is 462 g/mol. The summed E-state index contributed by atoms with van der Waals surface area (Å²) >= 11 is 0. The van der Waals surface area contributed by atoms with Crippen molar-refractivity contribution in [2.75, 3.05) is 13.1 Å². The van der Waals surface area contributed by atoms with Crippen LogP contribution < -0.4 is 10.6 Å². The van der Waals surface area contributed by atoms with Crippen molar-refractivity contribution in [1.29, 1.82) is 0 Å². The zero-order valence-corrected chi connectivity index (χ0v) is 19.7. The van der Waals surface area contributed by atoms with Gasteiger partial charge in [-0.25, -0.2) is 9.97 Å². The first-order valence-corrected chi connectivity index (χ1v) is 12.8. The molecule has 0 amide bonds. The summed E-state index contributed by atoms with van der Waals surface area (Å²) in [5.74, 6) is 2.86. The number of H-pyrrole nitrogens is 2. The average Bonchev–Trinajstić information content (AvgIpc) is 3.43. The lowest BCUT2D eigenvalue weighted by atomic mass is 10.0. The molecule has 0 spiro atoms. The Kier molecular flexibility index (Phi) is 5.14. The van der Waals surface area contributed by atoms with Crippen molar-refractivity contribution < 1.29 is 0 Å². The Balaban J connectivity index is 1.05. The Morgan fingerprint density at radius 1 is 0.657 bits per heavy atom. The maximum Gasteiger partial charge on any atom is 0.127 e. The number of imidazole rings is 2. The number of hydrogen-bond donors (Lipinski definition) is 4. The van der Waals surface area contributed by atoms with Gasteiger partial charge in [-0.15, -0.1) is 0 Å². The summed E-state index contributed by atoms with van der Waals surface area (Å²) in [5.41, 5.74) is 8.41. The molecule has 2 atom stereocenters. The molecule has 1 saturated heterocycles. The summed E-state index contributed by atoms with van der Waals surface area (Å²) in [6.07, 6.45) is 11.3. The zero-order valence-electron chi connectivity index (χ0n) is 19.7. The Labute approximate surface area is 205 Å². The summed E-state index contributed by atoms with van der Waals surface area (Å²) in [6, 6.07) is 18.0. The van der Waals surface area contributed by atoms with Crippen molar-refractivity contribution in [2.45, 2.75) is 37.8 Å². The quantitative estimate of drug-likeness (QED) is 0.284. The van der Waals surface area contributed by atoms with Crippen LogP contribution in [0.5, 0.6) is 0 Å². The molecule has 2 unspecified atom stereocenters. The van der Waals surface area contributed by atoms with Crippen LogP contribution in [0.15, 0.2) is 72.6 Å². The van der Waals surface area contributed by atoms with E-state index in [9.17, 15) is 0 Å². The fraction of sp³-hybridized carbons (Fsp3) is 0.310. The van der Waals surface area contributed by atoms with Crippen LogP contribution in [0.2, 0.25) is 0 Å². The van der Waals surface area contributed by atoms with Gasteiger partial charge in [0.2, 0.25) is 0 Å². The highest BCUT2D eigenvalue weighted by Crippen LogP contribution is 2.39. The van der Waals surface area contributed by atoms with Crippen molar-refractivity contribution in [2.24, 2.45) is 5.92 Å². The molecule has 35 heavy (non-hydrogen) atoms. The second kappa shape index (κ2) is 8.63. The second-order valence-electron chi connectivity index (χ2n) is 10.0. The highest BCUT2D eigenvalue weighted by Gasteiger charge is 2.30. The fourth-order valence-electron chi connectivity index (χ4n) is 5.37. The van der Waals surface area contributed by atoms with E-state index in [1.54, 1.807) is 5.57 Å². The van der Waals surface area contributed by atoms with E-state index in [-0.39, 0.29) is 6.04 Å². The van der Waals surface area contributed by atoms with Gasteiger partial charge in [0.25, 0.3) is 0 Å². The molecule has 4 heterocycles. The number of aromatic nitrogens is 4. The minimum atomic E-state index is 0.206. The molecule has 176 valence electrons. The third-order valence-electron chi connectivity index (χ3n) is 7.61. The molecule has 6 nitrogen and oxygen atoms in total. The highest BCUT2D eigenvalue weighted by molar-refractivity contribution is 5.71. The minimum absolute atomic E-state index is 0.206. The van der Waals surface area contributed by atoms with E-state index in [1.807, 2.05) is 12.4 Å². The molecule has 2 aromatic heterocycles. The Morgan fingerprint density at radius 2 is 1.26 bits per heavy atom. The van der Waals surface area contributed by atoms with E-state index < -0.39 is 0 Å². The molecule has 3 aliphatic rings. The van der Waals surface area contributed by atoms with Gasteiger partial charge in [0, 0.05) is 6.54 Å². The largest absolute Gasteiger partial charge is 0.341 e. The van der Waals surface area contributed by atoms with Gasteiger partial charge in [-0.3, -0.25) is 0 Å². The van der Waals surface area contributed by atoms with Gasteiger partial charge in [0.1, 0.15) is 11.6 Å². The van der Waals surface area contributed by atoms with Crippen molar-refractivity contribution >= 4 is 0 Å². The predicted octanol–water partition coefficient (Wildman–Crippen LogP) is 5.54. The molecular formula is C29H30N6. The third kappa shape index (κ3) is 4.13. The maximum absolute atomic E-state index is 4.66. The van der Waals surface area contributed by atoms with Crippen molar-refractivity contribution in [3.63, 3.8) is 0 Å². The van der Waals surface area contributed by atoms with Crippen LogP contribution in [0, 0.1) is 5.92 Å². The summed E-state index contributed by atoms with van der Waals surface area (Å²) < 4.78 is 0. The van der Waals surface area contributed by atoms with Crippen LogP contribution in [0.4, 0.5) is 0 Å². The van der Waals surface area contributed by atoms with Gasteiger partial charge in [0.05, 0.1) is 35.9 Å². The van der Waals surface area contributed by atoms with Gasteiger partial charge < -0.3 is 20.6 Å².